The molecule has 1 fully saturated rings. The highest BCUT2D eigenvalue weighted by Gasteiger charge is 2.20. The average molecular weight is 384 g/mol. The van der Waals surface area contributed by atoms with E-state index in [1.807, 2.05) is 13.8 Å². The maximum Gasteiger partial charge on any atom is 0.260 e. The largest absolute Gasteiger partial charge is 0.484 e. The Morgan fingerprint density at radius 2 is 1.77 bits per heavy atom. The van der Waals surface area contributed by atoms with Gasteiger partial charge in [-0.15, -0.1) is 0 Å². The van der Waals surface area contributed by atoms with Gasteiger partial charge in [-0.3, -0.25) is 4.79 Å². The fourth-order valence-electron chi connectivity index (χ4n) is 2.68. The van der Waals surface area contributed by atoms with Crippen LogP contribution in [0.15, 0.2) is 29.2 Å². The number of carbonyl (C=O) groups excluding carboxylic acids is 1. The van der Waals surface area contributed by atoms with Gasteiger partial charge >= 0.3 is 0 Å². The van der Waals surface area contributed by atoms with E-state index >= 15 is 0 Å². The third-order valence-electron chi connectivity index (χ3n) is 4.64. The summed E-state index contributed by atoms with van der Waals surface area (Å²) >= 11 is 0. The van der Waals surface area contributed by atoms with E-state index in [-0.39, 0.29) is 23.5 Å². The van der Waals surface area contributed by atoms with Gasteiger partial charge in [0.25, 0.3) is 5.91 Å². The Hall–Kier alpha value is -1.64. The molecule has 0 saturated carbocycles. The molecule has 0 aliphatic carbocycles. The lowest BCUT2D eigenvalue weighted by Gasteiger charge is -2.33. The number of hydrogen-bond donors (Lipinski definition) is 1. The van der Waals surface area contributed by atoms with Gasteiger partial charge in [-0.25, -0.2) is 13.1 Å². The lowest BCUT2D eigenvalue weighted by Crippen LogP contribution is -2.49. The summed E-state index contributed by atoms with van der Waals surface area (Å²) in [5.41, 5.74) is 0. The maximum absolute atomic E-state index is 12.2. The Kier molecular flexibility index (Phi) is 7.43. The van der Waals surface area contributed by atoms with Crippen LogP contribution in [0.5, 0.6) is 5.75 Å². The quantitative estimate of drug-likeness (QED) is 0.732. The van der Waals surface area contributed by atoms with Crippen LogP contribution in [0.2, 0.25) is 0 Å². The average Bonchev–Trinajstić information content (AvgIpc) is 2.66. The van der Waals surface area contributed by atoms with Gasteiger partial charge in [-0.2, -0.15) is 0 Å². The smallest absolute Gasteiger partial charge is 0.260 e. The molecule has 7 nitrogen and oxygen atoms in total. The first kappa shape index (κ1) is 20.7. The van der Waals surface area contributed by atoms with E-state index in [9.17, 15) is 13.2 Å². The zero-order valence-corrected chi connectivity index (χ0v) is 16.6. The van der Waals surface area contributed by atoms with E-state index in [1.54, 1.807) is 17.0 Å². The fourth-order valence-corrected chi connectivity index (χ4v) is 4.01. The SMILES string of the molecule is CC[C@H](C)NS(=O)(=O)c1ccc(OCC(=O)N2CCN(CC)CC2)cc1. The Bertz CT molecular complexity index is 683. The second-order valence-corrected chi connectivity index (χ2v) is 8.22. The summed E-state index contributed by atoms with van der Waals surface area (Å²) < 4.78 is 32.6. The molecule has 8 heteroatoms. The van der Waals surface area contributed by atoms with Gasteiger partial charge in [0.1, 0.15) is 5.75 Å². The molecule has 2 rings (SSSR count). The molecule has 0 bridgehead atoms. The summed E-state index contributed by atoms with van der Waals surface area (Å²) in [6.45, 7) is 10.0. The highest BCUT2D eigenvalue weighted by Crippen LogP contribution is 2.16. The van der Waals surface area contributed by atoms with Crippen LogP contribution in [0.3, 0.4) is 0 Å². The van der Waals surface area contributed by atoms with Crippen LogP contribution in [-0.4, -0.2) is 69.5 Å². The first-order valence-electron chi connectivity index (χ1n) is 9.11. The van der Waals surface area contributed by atoms with Crippen molar-refractivity contribution in [2.45, 2.75) is 38.1 Å². The molecule has 1 amide bonds. The topological polar surface area (TPSA) is 78.9 Å². The van der Waals surface area contributed by atoms with Gasteiger partial charge in [-0.05, 0) is 44.2 Å². The van der Waals surface area contributed by atoms with Crippen LogP contribution < -0.4 is 9.46 Å². The standard InChI is InChI=1S/C18H29N3O4S/c1-4-15(3)19-26(23,24)17-8-6-16(7-9-17)25-14-18(22)21-12-10-20(5-2)11-13-21/h6-9,15,19H,4-5,10-14H2,1-3H3/t15-/m0/s1. The molecule has 1 atom stereocenters. The molecule has 1 aliphatic heterocycles. The number of ether oxygens (including phenoxy) is 1. The number of rotatable bonds is 8. The molecule has 26 heavy (non-hydrogen) atoms. The van der Waals surface area contributed by atoms with Crippen molar-refractivity contribution < 1.29 is 17.9 Å². The minimum Gasteiger partial charge on any atom is -0.484 e. The lowest BCUT2D eigenvalue weighted by molar-refractivity contribution is -0.135. The van der Waals surface area contributed by atoms with Crippen molar-refractivity contribution in [1.82, 2.24) is 14.5 Å². The zero-order valence-electron chi connectivity index (χ0n) is 15.8. The molecule has 1 aliphatic rings. The van der Waals surface area contributed by atoms with Crippen molar-refractivity contribution in [2.24, 2.45) is 0 Å². The Labute approximate surface area is 156 Å². The summed E-state index contributed by atoms with van der Waals surface area (Å²) in [5.74, 6) is 0.434. The summed E-state index contributed by atoms with van der Waals surface area (Å²) in [4.78, 5) is 16.5. The number of likely N-dealkylation sites (N-methyl/N-ethyl adjacent to an activating group) is 1. The number of nitrogens with one attached hydrogen (secondary N) is 1. The van der Waals surface area contributed by atoms with E-state index in [4.69, 9.17) is 4.74 Å². The number of nitrogens with zero attached hydrogens (tertiary/aromatic N) is 2. The van der Waals surface area contributed by atoms with E-state index in [0.29, 0.717) is 18.8 Å². The number of hydrogen-bond acceptors (Lipinski definition) is 5. The predicted octanol–water partition coefficient (Wildman–Crippen LogP) is 1.31. The first-order valence-corrected chi connectivity index (χ1v) is 10.6. The molecule has 0 radical (unpaired) electrons. The highest BCUT2D eigenvalue weighted by atomic mass is 32.2. The van der Waals surface area contributed by atoms with Crippen LogP contribution in [0.1, 0.15) is 27.2 Å². The molecular weight excluding hydrogens is 354 g/mol. The van der Waals surface area contributed by atoms with Crippen molar-refractivity contribution in [3.05, 3.63) is 24.3 Å². The van der Waals surface area contributed by atoms with Crippen molar-refractivity contribution in [2.75, 3.05) is 39.3 Å². The van der Waals surface area contributed by atoms with Gasteiger partial charge in [0.2, 0.25) is 10.0 Å². The molecule has 0 aromatic heterocycles. The summed E-state index contributed by atoms with van der Waals surface area (Å²) in [7, 11) is -3.53. The third kappa shape index (κ3) is 5.69. The number of carbonyl (C=O) groups is 1. The second kappa shape index (κ2) is 9.34. The molecule has 1 aromatic carbocycles. The minimum atomic E-state index is -3.53. The minimum absolute atomic E-state index is 0.0384. The lowest BCUT2D eigenvalue weighted by atomic mass is 10.3. The van der Waals surface area contributed by atoms with E-state index in [1.165, 1.54) is 12.1 Å². The van der Waals surface area contributed by atoms with Crippen LogP contribution in [0, 0.1) is 0 Å². The van der Waals surface area contributed by atoms with Crippen LogP contribution in [0.4, 0.5) is 0 Å². The van der Waals surface area contributed by atoms with Crippen LogP contribution in [-0.2, 0) is 14.8 Å². The van der Waals surface area contributed by atoms with Crippen LogP contribution in [0.25, 0.3) is 0 Å². The molecule has 1 N–H and O–H groups in total. The predicted molar refractivity (Wildman–Crippen MR) is 101 cm³/mol. The second-order valence-electron chi connectivity index (χ2n) is 6.51. The van der Waals surface area contributed by atoms with Crippen molar-refractivity contribution in [3.8, 4) is 5.75 Å². The van der Waals surface area contributed by atoms with Crippen molar-refractivity contribution >= 4 is 15.9 Å². The van der Waals surface area contributed by atoms with Gasteiger partial charge in [0.15, 0.2) is 6.61 Å². The molecule has 0 unspecified atom stereocenters. The molecule has 1 saturated heterocycles. The molecule has 1 heterocycles. The molecular formula is C18H29N3O4S. The highest BCUT2D eigenvalue weighted by molar-refractivity contribution is 7.89. The normalized spacial score (nSPS) is 17.1. The number of sulfonamides is 1. The first-order chi connectivity index (χ1) is 12.4. The van der Waals surface area contributed by atoms with Crippen molar-refractivity contribution in [1.29, 1.82) is 0 Å². The van der Waals surface area contributed by atoms with E-state index in [0.717, 1.165) is 26.1 Å². The zero-order chi connectivity index (χ0) is 19.2. The van der Waals surface area contributed by atoms with Gasteiger partial charge in [0, 0.05) is 32.2 Å². The molecule has 146 valence electrons. The van der Waals surface area contributed by atoms with Crippen LogP contribution >= 0.6 is 0 Å². The third-order valence-corrected chi connectivity index (χ3v) is 6.24. The number of piperazine rings is 1. The summed E-state index contributed by atoms with van der Waals surface area (Å²) in [6.07, 6.45) is 0.717. The molecule has 1 aromatic rings. The Morgan fingerprint density at radius 1 is 1.15 bits per heavy atom. The number of amides is 1. The number of benzene rings is 1. The van der Waals surface area contributed by atoms with Gasteiger partial charge in [0.05, 0.1) is 4.90 Å². The molecule has 0 spiro atoms. The Morgan fingerprint density at radius 3 is 2.31 bits per heavy atom. The van der Waals surface area contributed by atoms with E-state index < -0.39 is 10.0 Å². The summed E-state index contributed by atoms with van der Waals surface area (Å²) in [6, 6.07) is 6.01. The van der Waals surface area contributed by atoms with Crippen molar-refractivity contribution in [3.63, 3.8) is 0 Å². The maximum atomic E-state index is 12.2. The van der Waals surface area contributed by atoms with E-state index in [2.05, 4.69) is 16.5 Å². The Balaban J connectivity index is 1.86. The summed E-state index contributed by atoms with van der Waals surface area (Å²) in [5, 5.41) is 0. The van der Waals surface area contributed by atoms with Gasteiger partial charge < -0.3 is 14.5 Å². The van der Waals surface area contributed by atoms with Gasteiger partial charge in [-0.1, -0.05) is 13.8 Å². The fraction of sp³-hybridized carbons (Fsp3) is 0.611. The monoisotopic (exact) mass is 383 g/mol.